The first kappa shape index (κ1) is 19.5. The van der Waals surface area contributed by atoms with Crippen LogP contribution in [0.25, 0.3) is 0 Å². The topological polar surface area (TPSA) is 29.5 Å². The van der Waals surface area contributed by atoms with Gasteiger partial charge in [0.15, 0.2) is 0 Å². The highest BCUT2D eigenvalue weighted by molar-refractivity contribution is 8.00. The first-order valence-corrected chi connectivity index (χ1v) is 10.6. The molecule has 3 aromatic rings. The van der Waals surface area contributed by atoms with Crippen molar-refractivity contribution in [1.29, 1.82) is 0 Å². The zero-order valence-electron chi connectivity index (χ0n) is 16.1. The third-order valence-corrected chi connectivity index (χ3v) is 6.40. The number of nitrogens with zero attached hydrogens (tertiary/aromatic N) is 1. The van der Waals surface area contributed by atoms with Gasteiger partial charge in [-0.25, -0.2) is 4.39 Å². The van der Waals surface area contributed by atoms with E-state index in [1.54, 1.807) is 35.9 Å². The number of aryl methyl sites for hydroxylation is 1. The van der Waals surface area contributed by atoms with Gasteiger partial charge in [0, 0.05) is 5.69 Å². The Bertz CT molecular complexity index is 960. The van der Waals surface area contributed by atoms with Crippen molar-refractivity contribution in [2.45, 2.75) is 17.7 Å². The van der Waals surface area contributed by atoms with Crippen LogP contribution in [0.5, 0.6) is 5.75 Å². The van der Waals surface area contributed by atoms with E-state index in [1.807, 2.05) is 42.5 Å². The number of halogens is 1. The predicted octanol–water partition coefficient (Wildman–Crippen LogP) is 5.27. The van der Waals surface area contributed by atoms with Crippen LogP contribution in [0.15, 0.2) is 78.9 Å². The van der Waals surface area contributed by atoms with Crippen molar-refractivity contribution in [2.75, 3.05) is 17.8 Å². The molecule has 5 heteroatoms. The second kappa shape index (κ2) is 8.70. The van der Waals surface area contributed by atoms with Crippen LogP contribution in [0.2, 0.25) is 0 Å². The number of hydrogen-bond acceptors (Lipinski definition) is 3. The highest BCUT2D eigenvalue weighted by Gasteiger charge is 2.49. The molecule has 1 saturated heterocycles. The van der Waals surface area contributed by atoms with E-state index in [-0.39, 0.29) is 23.0 Å². The first-order valence-electron chi connectivity index (χ1n) is 9.55. The zero-order valence-corrected chi connectivity index (χ0v) is 16.9. The summed E-state index contributed by atoms with van der Waals surface area (Å²) in [6, 6.07) is 24.1. The van der Waals surface area contributed by atoms with Gasteiger partial charge in [0.1, 0.15) is 16.8 Å². The van der Waals surface area contributed by atoms with E-state index < -0.39 is 0 Å². The Morgan fingerprint density at radius 3 is 2.31 bits per heavy atom. The van der Waals surface area contributed by atoms with Crippen LogP contribution in [-0.2, 0) is 11.2 Å². The largest absolute Gasteiger partial charge is 0.497 e. The minimum absolute atomic E-state index is 0.0653. The lowest BCUT2D eigenvalue weighted by Crippen LogP contribution is -2.57. The average Bonchev–Trinajstić information content (AvgIpc) is 2.77. The lowest BCUT2D eigenvalue weighted by Gasteiger charge is -2.47. The van der Waals surface area contributed by atoms with Crippen LogP contribution in [0.1, 0.15) is 17.2 Å². The van der Waals surface area contributed by atoms with Gasteiger partial charge in [0.05, 0.1) is 13.2 Å². The Morgan fingerprint density at radius 1 is 0.966 bits per heavy atom. The molecule has 1 aliphatic rings. The molecule has 0 unspecified atom stereocenters. The average molecular weight is 408 g/mol. The van der Waals surface area contributed by atoms with E-state index in [9.17, 15) is 9.18 Å². The number of thioether (sulfide) groups is 1. The summed E-state index contributed by atoms with van der Waals surface area (Å²) in [5.41, 5.74) is 3.03. The van der Waals surface area contributed by atoms with Crippen LogP contribution < -0.4 is 9.64 Å². The fourth-order valence-corrected chi connectivity index (χ4v) is 4.91. The number of hydrogen-bond donors (Lipinski definition) is 0. The van der Waals surface area contributed by atoms with Crippen molar-refractivity contribution >= 4 is 23.4 Å². The van der Waals surface area contributed by atoms with E-state index in [0.29, 0.717) is 0 Å². The Hall–Kier alpha value is -2.79. The fraction of sp³-hybridized carbons (Fsp3) is 0.208. The molecule has 0 aliphatic carbocycles. The Labute approximate surface area is 174 Å². The summed E-state index contributed by atoms with van der Waals surface area (Å²) >= 11 is 1.68. The predicted molar refractivity (Wildman–Crippen MR) is 116 cm³/mol. The molecule has 29 heavy (non-hydrogen) atoms. The van der Waals surface area contributed by atoms with Crippen molar-refractivity contribution < 1.29 is 13.9 Å². The second-order valence-corrected chi connectivity index (χ2v) is 8.18. The number of rotatable bonds is 7. The number of carbonyl (C=O) groups is 1. The Kier molecular flexibility index (Phi) is 5.86. The number of methoxy groups -OCH3 is 1. The number of amides is 1. The van der Waals surface area contributed by atoms with E-state index in [1.165, 1.54) is 17.7 Å². The van der Waals surface area contributed by atoms with Crippen molar-refractivity contribution in [2.24, 2.45) is 0 Å². The molecule has 1 amide bonds. The molecule has 4 rings (SSSR count). The van der Waals surface area contributed by atoms with Gasteiger partial charge in [-0.2, -0.15) is 0 Å². The van der Waals surface area contributed by atoms with Gasteiger partial charge in [-0.05, 0) is 59.7 Å². The van der Waals surface area contributed by atoms with Gasteiger partial charge in [-0.3, -0.25) is 4.79 Å². The first-order chi connectivity index (χ1) is 14.2. The quantitative estimate of drug-likeness (QED) is 0.500. The second-order valence-electron chi connectivity index (χ2n) is 6.93. The van der Waals surface area contributed by atoms with E-state index in [0.717, 1.165) is 29.2 Å². The molecule has 1 fully saturated rings. The molecular formula is C24H22FNO2S. The number of ether oxygens (including phenoxy) is 1. The van der Waals surface area contributed by atoms with E-state index in [4.69, 9.17) is 4.74 Å². The smallest absolute Gasteiger partial charge is 0.243 e. The number of β-lactam (4-membered cyclic amide) rings is 1. The highest BCUT2D eigenvalue weighted by Crippen LogP contribution is 2.45. The lowest BCUT2D eigenvalue weighted by atomic mass is 9.92. The zero-order chi connectivity index (χ0) is 20.2. The van der Waals surface area contributed by atoms with Gasteiger partial charge >= 0.3 is 0 Å². The van der Waals surface area contributed by atoms with Crippen molar-refractivity contribution in [3.63, 3.8) is 0 Å². The normalized spacial score (nSPS) is 18.4. The molecule has 0 bridgehead atoms. The molecule has 0 saturated carbocycles. The Morgan fingerprint density at radius 2 is 1.66 bits per heavy atom. The van der Waals surface area contributed by atoms with Gasteiger partial charge in [0.2, 0.25) is 5.91 Å². The summed E-state index contributed by atoms with van der Waals surface area (Å²) in [4.78, 5) is 14.7. The summed E-state index contributed by atoms with van der Waals surface area (Å²) in [6.07, 6.45) is 0.918. The summed E-state index contributed by atoms with van der Waals surface area (Å²) in [5.74, 6) is 1.40. The lowest BCUT2D eigenvalue weighted by molar-refractivity contribution is -0.123. The molecule has 148 valence electrons. The summed E-state index contributed by atoms with van der Waals surface area (Å²) in [5, 5.41) is -0.155. The van der Waals surface area contributed by atoms with Crippen LogP contribution in [0.3, 0.4) is 0 Å². The third-order valence-electron chi connectivity index (χ3n) is 5.14. The summed E-state index contributed by atoms with van der Waals surface area (Å²) < 4.78 is 18.6. The standard InChI is InChI=1S/C24H22FNO2S/c1-28-21-13-7-18(8-14-21)22-23(29-16-15-17-5-3-2-4-6-17)24(27)26(22)20-11-9-19(25)10-12-20/h2-14,22-23H,15-16H2,1H3/t22-,23-/m1/s1. The third kappa shape index (κ3) is 4.15. The molecule has 2 atom stereocenters. The molecule has 0 spiro atoms. The maximum atomic E-state index is 13.4. The number of carbonyl (C=O) groups excluding carboxylic acids is 1. The molecule has 1 heterocycles. The molecule has 3 nitrogen and oxygen atoms in total. The maximum Gasteiger partial charge on any atom is 0.243 e. The molecule has 1 aliphatic heterocycles. The van der Waals surface area contributed by atoms with Crippen molar-refractivity contribution in [3.8, 4) is 5.75 Å². The van der Waals surface area contributed by atoms with Gasteiger partial charge in [-0.1, -0.05) is 42.5 Å². The minimum Gasteiger partial charge on any atom is -0.497 e. The van der Waals surface area contributed by atoms with E-state index in [2.05, 4.69) is 12.1 Å². The van der Waals surface area contributed by atoms with Crippen LogP contribution in [0.4, 0.5) is 10.1 Å². The Balaban J connectivity index is 1.54. The highest BCUT2D eigenvalue weighted by atomic mass is 32.2. The van der Waals surface area contributed by atoms with Crippen LogP contribution in [-0.4, -0.2) is 24.0 Å². The van der Waals surface area contributed by atoms with Crippen molar-refractivity contribution in [3.05, 3.63) is 95.8 Å². The maximum absolute atomic E-state index is 13.4. The van der Waals surface area contributed by atoms with E-state index >= 15 is 0 Å². The monoisotopic (exact) mass is 407 g/mol. The van der Waals surface area contributed by atoms with Crippen LogP contribution >= 0.6 is 11.8 Å². The molecule has 0 N–H and O–H groups in total. The summed E-state index contributed by atoms with van der Waals surface area (Å²) in [6.45, 7) is 0. The SMILES string of the molecule is COc1ccc([C@@H]2[C@@H](SCCc3ccccc3)C(=O)N2c2ccc(F)cc2)cc1. The fourth-order valence-electron chi connectivity index (χ4n) is 3.59. The van der Waals surface area contributed by atoms with Gasteiger partial charge in [0.25, 0.3) is 0 Å². The minimum atomic E-state index is -0.309. The van der Waals surface area contributed by atoms with Crippen molar-refractivity contribution in [1.82, 2.24) is 0 Å². The van der Waals surface area contributed by atoms with Gasteiger partial charge in [-0.15, -0.1) is 11.8 Å². The molecule has 0 radical (unpaired) electrons. The van der Waals surface area contributed by atoms with Gasteiger partial charge < -0.3 is 9.64 Å². The summed E-state index contributed by atoms with van der Waals surface area (Å²) in [7, 11) is 1.63. The number of anilines is 1. The molecule has 3 aromatic carbocycles. The molecule has 0 aromatic heterocycles. The number of benzene rings is 3. The van der Waals surface area contributed by atoms with Crippen LogP contribution in [0, 0.1) is 5.82 Å². The molecular weight excluding hydrogens is 385 g/mol.